The van der Waals surface area contributed by atoms with Crippen LogP contribution in [0.25, 0.3) is 0 Å². The second-order valence-corrected chi connectivity index (χ2v) is 6.38. The summed E-state index contributed by atoms with van der Waals surface area (Å²) in [5.41, 5.74) is 1.25. The minimum absolute atomic E-state index is 0.150. The maximum absolute atomic E-state index is 13.4. The SMILES string of the molecule is CC(C)C1CCC[C@H](c2cccc(C(C)(F)F)c2)C1. The van der Waals surface area contributed by atoms with Gasteiger partial charge in [0.1, 0.15) is 0 Å². The van der Waals surface area contributed by atoms with Crippen LogP contribution in [0.1, 0.15) is 63.5 Å². The standard InChI is InChI=1S/C17H24F2/c1-12(2)13-6-4-7-14(10-13)15-8-5-9-16(11-15)17(3,18)19/h5,8-9,11-14H,4,6-7,10H2,1-3H3/t13?,14-/m0/s1. The van der Waals surface area contributed by atoms with E-state index in [1.807, 2.05) is 6.07 Å². The van der Waals surface area contributed by atoms with Crippen LogP contribution in [-0.2, 0) is 5.92 Å². The summed E-state index contributed by atoms with van der Waals surface area (Å²) >= 11 is 0. The Morgan fingerprint density at radius 3 is 2.58 bits per heavy atom. The van der Waals surface area contributed by atoms with Gasteiger partial charge in [0.05, 0.1) is 0 Å². The molecule has 1 fully saturated rings. The molecule has 1 aromatic rings. The van der Waals surface area contributed by atoms with Crippen molar-refractivity contribution in [2.45, 2.75) is 58.3 Å². The van der Waals surface area contributed by atoms with E-state index in [-0.39, 0.29) is 5.56 Å². The summed E-state index contributed by atoms with van der Waals surface area (Å²) in [7, 11) is 0. The van der Waals surface area contributed by atoms with Crippen molar-refractivity contribution in [3.63, 3.8) is 0 Å². The van der Waals surface area contributed by atoms with Gasteiger partial charge in [0.15, 0.2) is 0 Å². The van der Waals surface area contributed by atoms with Crippen LogP contribution < -0.4 is 0 Å². The highest BCUT2D eigenvalue weighted by Gasteiger charge is 2.28. The Balaban J connectivity index is 2.17. The van der Waals surface area contributed by atoms with E-state index in [2.05, 4.69) is 13.8 Å². The number of halogens is 2. The van der Waals surface area contributed by atoms with E-state index >= 15 is 0 Å². The largest absolute Gasteiger partial charge is 0.270 e. The van der Waals surface area contributed by atoms with Crippen LogP contribution >= 0.6 is 0 Å². The zero-order valence-electron chi connectivity index (χ0n) is 12.1. The first-order valence-corrected chi connectivity index (χ1v) is 7.36. The Morgan fingerprint density at radius 2 is 1.95 bits per heavy atom. The number of benzene rings is 1. The molecule has 1 aliphatic rings. The zero-order chi connectivity index (χ0) is 14.0. The molecule has 0 aliphatic heterocycles. The highest BCUT2D eigenvalue weighted by atomic mass is 19.3. The van der Waals surface area contributed by atoms with Crippen molar-refractivity contribution < 1.29 is 8.78 Å². The van der Waals surface area contributed by atoms with E-state index in [0.717, 1.165) is 31.2 Å². The van der Waals surface area contributed by atoms with E-state index in [1.165, 1.54) is 18.9 Å². The second-order valence-electron chi connectivity index (χ2n) is 6.38. The average Bonchev–Trinajstić information content (AvgIpc) is 2.38. The van der Waals surface area contributed by atoms with Crippen LogP contribution in [0.3, 0.4) is 0 Å². The normalized spacial score (nSPS) is 24.7. The Morgan fingerprint density at radius 1 is 1.21 bits per heavy atom. The molecule has 0 nitrogen and oxygen atoms in total. The fraction of sp³-hybridized carbons (Fsp3) is 0.647. The lowest BCUT2D eigenvalue weighted by Crippen LogP contribution is -2.19. The monoisotopic (exact) mass is 266 g/mol. The van der Waals surface area contributed by atoms with Crippen molar-refractivity contribution in [2.75, 3.05) is 0 Å². The van der Waals surface area contributed by atoms with Crippen molar-refractivity contribution in [1.82, 2.24) is 0 Å². The quantitative estimate of drug-likeness (QED) is 0.655. The van der Waals surface area contributed by atoms with E-state index in [0.29, 0.717) is 11.8 Å². The van der Waals surface area contributed by atoms with E-state index in [4.69, 9.17) is 0 Å². The fourth-order valence-corrected chi connectivity index (χ4v) is 3.20. The number of alkyl halides is 2. The first-order chi connectivity index (χ1) is 8.88. The molecule has 0 amide bonds. The Hall–Kier alpha value is -0.920. The van der Waals surface area contributed by atoms with Gasteiger partial charge < -0.3 is 0 Å². The third-order valence-corrected chi connectivity index (χ3v) is 4.52. The molecular formula is C17H24F2. The minimum atomic E-state index is -2.73. The summed E-state index contributed by atoms with van der Waals surface area (Å²) < 4.78 is 26.8. The first-order valence-electron chi connectivity index (χ1n) is 7.36. The molecule has 1 aromatic carbocycles. The fourth-order valence-electron chi connectivity index (χ4n) is 3.20. The molecule has 0 spiro atoms. The minimum Gasteiger partial charge on any atom is -0.202 e. The van der Waals surface area contributed by atoms with Gasteiger partial charge in [-0.3, -0.25) is 0 Å². The van der Waals surface area contributed by atoms with Crippen molar-refractivity contribution in [1.29, 1.82) is 0 Å². The van der Waals surface area contributed by atoms with Crippen LogP contribution in [-0.4, -0.2) is 0 Å². The molecule has 0 aromatic heterocycles. The van der Waals surface area contributed by atoms with Crippen LogP contribution in [0.2, 0.25) is 0 Å². The molecule has 2 rings (SSSR count). The summed E-state index contributed by atoms with van der Waals surface area (Å²) in [5.74, 6) is -0.839. The lowest BCUT2D eigenvalue weighted by molar-refractivity contribution is 0.0173. The van der Waals surface area contributed by atoms with Gasteiger partial charge in [-0.15, -0.1) is 0 Å². The smallest absolute Gasteiger partial charge is 0.202 e. The molecule has 1 unspecified atom stereocenters. The Bertz CT molecular complexity index is 418. The molecule has 1 saturated carbocycles. The highest BCUT2D eigenvalue weighted by Crippen LogP contribution is 2.40. The second kappa shape index (κ2) is 5.60. The van der Waals surface area contributed by atoms with Crippen LogP contribution in [0, 0.1) is 11.8 Å². The highest BCUT2D eigenvalue weighted by molar-refractivity contribution is 5.29. The molecule has 1 aliphatic carbocycles. The summed E-state index contributed by atoms with van der Waals surface area (Å²) in [6.45, 7) is 5.51. The van der Waals surface area contributed by atoms with Crippen molar-refractivity contribution in [3.05, 3.63) is 35.4 Å². The molecule has 106 valence electrons. The van der Waals surface area contributed by atoms with Crippen LogP contribution in [0.5, 0.6) is 0 Å². The molecule has 0 N–H and O–H groups in total. The Labute approximate surface area is 115 Å². The van der Waals surface area contributed by atoms with Crippen molar-refractivity contribution in [3.8, 4) is 0 Å². The maximum atomic E-state index is 13.4. The van der Waals surface area contributed by atoms with Gasteiger partial charge in [0, 0.05) is 12.5 Å². The predicted octanol–water partition coefficient (Wildman–Crippen LogP) is 5.73. The maximum Gasteiger partial charge on any atom is 0.270 e. The molecule has 0 bridgehead atoms. The van der Waals surface area contributed by atoms with Crippen molar-refractivity contribution >= 4 is 0 Å². The van der Waals surface area contributed by atoms with E-state index < -0.39 is 5.92 Å². The van der Waals surface area contributed by atoms with Gasteiger partial charge in [-0.05, 0) is 42.2 Å². The molecule has 0 radical (unpaired) electrons. The van der Waals surface area contributed by atoms with Crippen molar-refractivity contribution in [2.24, 2.45) is 11.8 Å². The van der Waals surface area contributed by atoms with E-state index in [9.17, 15) is 8.78 Å². The summed E-state index contributed by atoms with van der Waals surface area (Å²) in [5, 5.41) is 0. The lowest BCUT2D eigenvalue weighted by atomic mass is 9.73. The topological polar surface area (TPSA) is 0 Å². The van der Waals surface area contributed by atoms with Gasteiger partial charge in [0.2, 0.25) is 0 Å². The van der Waals surface area contributed by atoms with Gasteiger partial charge >= 0.3 is 0 Å². The molecule has 2 heteroatoms. The van der Waals surface area contributed by atoms with Gasteiger partial charge in [0.25, 0.3) is 5.92 Å². The van der Waals surface area contributed by atoms with Gasteiger partial charge in [-0.2, -0.15) is 0 Å². The van der Waals surface area contributed by atoms with Crippen LogP contribution in [0.15, 0.2) is 24.3 Å². The van der Waals surface area contributed by atoms with E-state index in [1.54, 1.807) is 12.1 Å². The number of rotatable bonds is 3. The predicted molar refractivity (Wildman–Crippen MR) is 75.5 cm³/mol. The summed E-state index contributed by atoms with van der Waals surface area (Å²) in [6, 6.07) is 7.04. The number of hydrogen-bond donors (Lipinski definition) is 0. The summed E-state index contributed by atoms with van der Waals surface area (Å²) in [4.78, 5) is 0. The number of hydrogen-bond acceptors (Lipinski definition) is 0. The lowest BCUT2D eigenvalue weighted by Gasteiger charge is -2.32. The first kappa shape index (κ1) is 14.5. The van der Waals surface area contributed by atoms with Gasteiger partial charge in [-0.1, -0.05) is 44.9 Å². The Kier molecular flexibility index (Phi) is 4.27. The third kappa shape index (κ3) is 3.55. The molecule has 19 heavy (non-hydrogen) atoms. The van der Waals surface area contributed by atoms with Gasteiger partial charge in [-0.25, -0.2) is 8.78 Å². The molecule has 2 atom stereocenters. The molecular weight excluding hydrogens is 242 g/mol. The zero-order valence-corrected chi connectivity index (χ0v) is 12.1. The average molecular weight is 266 g/mol. The van der Waals surface area contributed by atoms with Crippen LogP contribution in [0.4, 0.5) is 8.78 Å². The summed E-state index contributed by atoms with van der Waals surface area (Å²) in [6.07, 6.45) is 4.80. The molecule has 0 heterocycles. The molecule has 0 saturated heterocycles. The third-order valence-electron chi connectivity index (χ3n) is 4.52.